The zero-order valence-electron chi connectivity index (χ0n) is 14.3. The Morgan fingerprint density at radius 3 is 2.46 bits per heavy atom. The maximum absolute atomic E-state index is 12.5. The van der Waals surface area contributed by atoms with Crippen LogP contribution in [0.25, 0.3) is 12.0 Å². The van der Waals surface area contributed by atoms with E-state index in [4.69, 9.17) is 5.84 Å². The minimum Gasteiger partial charge on any atom is -0.515 e. The van der Waals surface area contributed by atoms with Crippen molar-refractivity contribution in [2.24, 2.45) is 5.84 Å². The van der Waals surface area contributed by atoms with Crippen molar-refractivity contribution in [2.45, 2.75) is 6.92 Å². The molecule has 10 heteroatoms. The summed E-state index contributed by atoms with van der Waals surface area (Å²) in [6.07, 6.45) is 3.85. The summed E-state index contributed by atoms with van der Waals surface area (Å²) in [5.74, 6) is 3.77. The molecule has 1 aromatic rings. The van der Waals surface area contributed by atoms with Crippen molar-refractivity contribution in [3.05, 3.63) is 58.3 Å². The maximum Gasteiger partial charge on any atom is 0.338 e. The number of carbonyl (C=O) groups excluding carboxylic acids is 2. The van der Waals surface area contributed by atoms with Gasteiger partial charge in [0.2, 0.25) is 0 Å². The van der Waals surface area contributed by atoms with Crippen LogP contribution >= 0.6 is 0 Å². The lowest BCUT2D eigenvalue weighted by atomic mass is 10.2. The van der Waals surface area contributed by atoms with E-state index in [1.807, 2.05) is 0 Å². The highest BCUT2D eigenvalue weighted by Gasteiger charge is 2.28. The molecule has 0 bridgehead atoms. The number of allylic oxidation sites excluding steroid dienone is 1. The molecule has 26 heavy (non-hydrogen) atoms. The number of hydrogen-bond donors (Lipinski definition) is 4. The van der Waals surface area contributed by atoms with E-state index < -0.39 is 26.9 Å². The Morgan fingerprint density at radius 1 is 1.31 bits per heavy atom. The number of hydrogen-bond acceptors (Lipinski definition) is 6. The lowest BCUT2D eigenvalue weighted by molar-refractivity contribution is -0.122. The molecule has 0 aliphatic carbocycles. The van der Waals surface area contributed by atoms with E-state index in [0.29, 0.717) is 15.3 Å². The molecule has 0 saturated heterocycles. The minimum atomic E-state index is -4.38. The standard InChI is InChI=1S/C16H20N4O5S/c1-4-7-14(13-9-6-5-8-12(13)10-21)19-26(24,25)11(2)15(22)20(3)16(23)18-17/h4-10,19,21H,2,17H2,1,3H3,(H,18,23)/b7-4+,12-10+,14-13+. The Labute approximate surface area is 150 Å². The van der Waals surface area contributed by atoms with Crippen LogP contribution in [0.15, 0.2) is 47.9 Å². The van der Waals surface area contributed by atoms with Gasteiger partial charge in [0.15, 0.2) is 0 Å². The van der Waals surface area contributed by atoms with Gasteiger partial charge in [0, 0.05) is 17.5 Å². The summed E-state index contributed by atoms with van der Waals surface area (Å²) in [6, 6.07) is 5.48. The molecule has 0 aliphatic heterocycles. The summed E-state index contributed by atoms with van der Waals surface area (Å²) in [5.41, 5.74) is 1.82. The van der Waals surface area contributed by atoms with Crippen LogP contribution in [0, 0.1) is 0 Å². The number of nitrogens with one attached hydrogen (secondary N) is 2. The van der Waals surface area contributed by atoms with E-state index in [1.165, 1.54) is 6.08 Å². The number of aliphatic hydroxyl groups is 1. The molecule has 0 atom stereocenters. The van der Waals surface area contributed by atoms with Crippen molar-refractivity contribution in [2.75, 3.05) is 7.05 Å². The van der Waals surface area contributed by atoms with Crippen LogP contribution in [0.5, 0.6) is 0 Å². The Bertz CT molecular complexity index is 967. The number of sulfonamides is 1. The highest BCUT2D eigenvalue weighted by atomic mass is 32.2. The fraction of sp³-hybridized carbons (Fsp3) is 0.125. The first-order valence-corrected chi connectivity index (χ1v) is 8.74. The van der Waals surface area contributed by atoms with E-state index in [0.717, 1.165) is 13.3 Å². The topological polar surface area (TPSA) is 142 Å². The van der Waals surface area contributed by atoms with Crippen LogP contribution in [0.2, 0.25) is 0 Å². The number of benzene rings is 1. The van der Waals surface area contributed by atoms with Crippen molar-refractivity contribution in [3.63, 3.8) is 0 Å². The fourth-order valence-corrected chi connectivity index (χ4v) is 2.86. The summed E-state index contributed by atoms with van der Waals surface area (Å²) in [6.45, 7) is 4.92. The van der Waals surface area contributed by atoms with Gasteiger partial charge in [-0.25, -0.2) is 19.1 Å². The van der Waals surface area contributed by atoms with E-state index >= 15 is 0 Å². The first-order chi connectivity index (χ1) is 12.2. The van der Waals surface area contributed by atoms with E-state index in [1.54, 1.807) is 42.7 Å². The van der Waals surface area contributed by atoms with Gasteiger partial charge in [0.25, 0.3) is 15.9 Å². The summed E-state index contributed by atoms with van der Waals surface area (Å²) in [7, 11) is -3.33. The van der Waals surface area contributed by atoms with E-state index in [-0.39, 0.29) is 5.70 Å². The zero-order chi connectivity index (χ0) is 19.9. The number of hydrazine groups is 1. The molecule has 0 saturated carbocycles. The molecular formula is C16H20N4O5S. The van der Waals surface area contributed by atoms with Gasteiger partial charge in [-0.15, -0.1) is 0 Å². The first-order valence-electron chi connectivity index (χ1n) is 7.26. The van der Waals surface area contributed by atoms with Gasteiger partial charge >= 0.3 is 6.03 Å². The molecule has 5 N–H and O–H groups in total. The van der Waals surface area contributed by atoms with Gasteiger partial charge in [0.05, 0.1) is 12.0 Å². The average Bonchev–Trinajstić information content (AvgIpc) is 2.64. The molecule has 3 amide bonds. The molecule has 1 aromatic carbocycles. The molecule has 1 rings (SSSR count). The number of aliphatic hydroxyl groups excluding tert-OH is 1. The number of amides is 3. The molecule has 140 valence electrons. The maximum atomic E-state index is 12.5. The SMILES string of the molecule is C=C(C(=O)N(C)C(=O)NN)S(=O)(=O)NC(/C=C/C)=c1\cccc\c1=C/O. The minimum absolute atomic E-state index is 0.105. The van der Waals surface area contributed by atoms with Crippen LogP contribution in [0.3, 0.4) is 0 Å². The van der Waals surface area contributed by atoms with Crippen LogP contribution < -0.4 is 26.4 Å². The number of rotatable bonds is 5. The number of urea groups is 1. The Hall–Kier alpha value is -3.11. The van der Waals surface area contributed by atoms with Crippen molar-refractivity contribution >= 4 is 33.9 Å². The van der Waals surface area contributed by atoms with Crippen LogP contribution in [-0.4, -0.2) is 37.4 Å². The molecule has 0 spiro atoms. The fourth-order valence-electron chi connectivity index (χ4n) is 1.90. The highest BCUT2D eigenvalue weighted by molar-refractivity contribution is 7.94. The molecule has 0 heterocycles. The van der Waals surface area contributed by atoms with Crippen LogP contribution in [0.4, 0.5) is 4.79 Å². The van der Waals surface area contributed by atoms with Crippen molar-refractivity contribution in [1.82, 2.24) is 15.0 Å². The highest BCUT2D eigenvalue weighted by Crippen LogP contribution is 2.08. The van der Waals surface area contributed by atoms with E-state index in [2.05, 4.69) is 11.3 Å². The van der Waals surface area contributed by atoms with Gasteiger partial charge in [-0.05, 0) is 13.0 Å². The molecule has 0 aromatic heterocycles. The van der Waals surface area contributed by atoms with E-state index in [9.17, 15) is 23.1 Å². The van der Waals surface area contributed by atoms with Gasteiger partial charge in [-0.1, -0.05) is 36.9 Å². The molecule has 0 unspecified atom stereocenters. The normalized spacial score (nSPS) is 13.3. The van der Waals surface area contributed by atoms with Crippen LogP contribution in [-0.2, 0) is 14.8 Å². The third-order valence-corrected chi connectivity index (χ3v) is 4.58. The van der Waals surface area contributed by atoms with Crippen molar-refractivity contribution < 1.29 is 23.1 Å². The van der Waals surface area contributed by atoms with Crippen molar-refractivity contribution in [1.29, 1.82) is 0 Å². The summed E-state index contributed by atoms with van der Waals surface area (Å²) in [4.78, 5) is 23.1. The lowest BCUT2D eigenvalue weighted by Crippen LogP contribution is -2.46. The number of imide groups is 1. The molecule has 0 fully saturated rings. The Balaban J connectivity index is 3.39. The van der Waals surface area contributed by atoms with Gasteiger partial charge < -0.3 is 5.11 Å². The molecule has 0 aliphatic rings. The summed E-state index contributed by atoms with van der Waals surface area (Å²) in [5, 5.41) is 10.1. The molecule has 9 nitrogen and oxygen atoms in total. The second-order valence-electron chi connectivity index (χ2n) is 4.97. The zero-order valence-corrected chi connectivity index (χ0v) is 15.1. The predicted molar refractivity (Wildman–Crippen MR) is 97.7 cm³/mol. The summed E-state index contributed by atoms with van der Waals surface area (Å²) < 4.78 is 27.2. The summed E-state index contributed by atoms with van der Waals surface area (Å²) >= 11 is 0. The third kappa shape index (κ3) is 4.71. The number of likely N-dealkylation sites (N-methyl/N-ethyl adjacent to an activating group) is 1. The first kappa shape index (κ1) is 20.9. The number of carbonyl (C=O) groups is 2. The molecule has 0 radical (unpaired) electrons. The van der Waals surface area contributed by atoms with Gasteiger partial charge in [-0.3, -0.25) is 19.8 Å². The van der Waals surface area contributed by atoms with Crippen LogP contribution in [0.1, 0.15) is 6.92 Å². The Kier molecular flexibility index (Phi) is 7.11. The second-order valence-corrected chi connectivity index (χ2v) is 6.68. The largest absolute Gasteiger partial charge is 0.515 e. The van der Waals surface area contributed by atoms with Gasteiger partial charge in [-0.2, -0.15) is 0 Å². The molecular weight excluding hydrogens is 360 g/mol. The Morgan fingerprint density at radius 2 is 1.92 bits per heavy atom. The van der Waals surface area contributed by atoms with Crippen molar-refractivity contribution in [3.8, 4) is 0 Å². The smallest absolute Gasteiger partial charge is 0.338 e. The monoisotopic (exact) mass is 380 g/mol. The average molecular weight is 380 g/mol. The predicted octanol–water partition coefficient (Wildman–Crippen LogP) is -0.858. The second kappa shape index (κ2) is 8.83. The number of nitrogens with two attached hydrogens (primary N) is 1. The quantitative estimate of drug-likeness (QED) is 0.227. The van der Waals surface area contributed by atoms with Gasteiger partial charge in [0.1, 0.15) is 4.91 Å². The third-order valence-electron chi connectivity index (χ3n) is 3.26. The number of nitrogens with zero attached hydrogens (tertiary/aromatic N) is 1. The lowest BCUT2D eigenvalue weighted by Gasteiger charge is -2.17.